The van der Waals surface area contributed by atoms with Crippen molar-refractivity contribution in [3.63, 3.8) is 0 Å². The summed E-state index contributed by atoms with van der Waals surface area (Å²) in [6.45, 7) is 10.2. The lowest BCUT2D eigenvalue weighted by Gasteiger charge is -2.34. The lowest BCUT2D eigenvalue weighted by Crippen LogP contribution is -2.29. The molecule has 2 aliphatic heterocycles. The predicted molar refractivity (Wildman–Crippen MR) is 121 cm³/mol. The molecule has 2 heterocycles. The number of carbonyl (C=O) groups excluding carboxylic acids is 3. The Kier molecular flexibility index (Phi) is 6.63. The molecule has 1 aliphatic carbocycles. The van der Waals surface area contributed by atoms with E-state index in [1.54, 1.807) is 0 Å². The zero-order valence-electron chi connectivity index (χ0n) is 18.8. The largest absolute Gasteiger partial charge is 0.431 e. The molecule has 170 valence electrons. The molecule has 1 aromatic carbocycles. The van der Waals surface area contributed by atoms with Gasteiger partial charge in [-0.2, -0.15) is 0 Å². The minimum Gasteiger partial charge on any atom is -0.431 e. The molecule has 0 radical (unpaired) electrons. The van der Waals surface area contributed by atoms with Gasteiger partial charge in [-0.15, -0.1) is 6.58 Å². The Bertz CT molecular complexity index is 945. The molecule has 5 unspecified atom stereocenters. The van der Waals surface area contributed by atoms with Crippen molar-refractivity contribution in [3.8, 4) is 0 Å². The Hall–Kier alpha value is -2.69. The molecule has 0 spiro atoms. The van der Waals surface area contributed by atoms with Gasteiger partial charge in [0.15, 0.2) is 0 Å². The Balaban J connectivity index is 1.64. The van der Waals surface area contributed by atoms with Crippen molar-refractivity contribution in [1.29, 1.82) is 0 Å². The first-order chi connectivity index (χ1) is 15.4. The molecule has 2 saturated heterocycles. The van der Waals surface area contributed by atoms with Gasteiger partial charge in [0.25, 0.3) is 0 Å². The first kappa shape index (κ1) is 22.5. The van der Waals surface area contributed by atoms with Crippen molar-refractivity contribution in [3.05, 3.63) is 59.9 Å². The van der Waals surface area contributed by atoms with Crippen molar-refractivity contribution < 1.29 is 23.9 Å². The van der Waals surface area contributed by atoms with Crippen molar-refractivity contribution in [1.82, 2.24) is 0 Å². The molecule has 0 amide bonds. The molecule has 4 rings (SSSR count). The first-order valence-corrected chi connectivity index (χ1v) is 11.9. The fraction of sp³-hybridized carbons (Fsp3) is 0.519. The summed E-state index contributed by atoms with van der Waals surface area (Å²) < 4.78 is 10.3. The molecule has 3 aliphatic rings. The second-order valence-corrected chi connectivity index (χ2v) is 9.35. The van der Waals surface area contributed by atoms with Gasteiger partial charge in [-0.25, -0.2) is 0 Å². The molecule has 1 aromatic rings. The van der Waals surface area contributed by atoms with Crippen LogP contribution in [0.25, 0.3) is 0 Å². The molecular formula is C27H32O5. The van der Waals surface area contributed by atoms with E-state index < -0.39 is 23.8 Å². The van der Waals surface area contributed by atoms with E-state index in [9.17, 15) is 14.4 Å². The van der Waals surface area contributed by atoms with Crippen molar-refractivity contribution in [2.45, 2.75) is 76.0 Å². The van der Waals surface area contributed by atoms with Crippen LogP contribution in [0.15, 0.2) is 43.2 Å². The summed E-state index contributed by atoms with van der Waals surface area (Å²) in [5.74, 6) is -1.97. The van der Waals surface area contributed by atoms with E-state index in [4.69, 9.17) is 9.47 Å². The maximum Gasteiger partial charge on any atom is 0.321 e. The molecule has 2 fully saturated rings. The maximum absolute atomic E-state index is 12.6. The molecular weight excluding hydrogens is 404 g/mol. The van der Waals surface area contributed by atoms with Crippen LogP contribution in [0.3, 0.4) is 0 Å². The Morgan fingerprint density at radius 3 is 2.47 bits per heavy atom. The fourth-order valence-electron chi connectivity index (χ4n) is 5.64. The number of rotatable bonds is 9. The van der Waals surface area contributed by atoms with Crippen LogP contribution in [0.1, 0.15) is 92.7 Å². The van der Waals surface area contributed by atoms with E-state index in [2.05, 4.69) is 38.3 Å². The number of carbonyl (C=O) groups is 3. The number of unbranched alkanes of at least 4 members (excludes halogenated alkanes) is 4. The highest BCUT2D eigenvalue weighted by Gasteiger charge is 2.52. The number of fused-ring (bicyclic) bond motifs is 3. The third kappa shape index (κ3) is 4.17. The summed E-state index contributed by atoms with van der Waals surface area (Å²) in [6, 6.07) is 6.23. The number of hydrogen-bond donors (Lipinski definition) is 0. The monoisotopic (exact) mass is 436 g/mol. The smallest absolute Gasteiger partial charge is 0.321 e. The van der Waals surface area contributed by atoms with Crippen LogP contribution in [-0.4, -0.2) is 17.9 Å². The summed E-state index contributed by atoms with van der Waals surface area (Å²) in [5, 5.41) is 0. The number of benzene rings is 1. The van der Waals surface area contributed by atoms with Crippen molar-refractivity contribution >= 4 is 17.9 Å². The van der Waals surface area contributed by atoms with E-state index in [0.717, 1.165) is 29.5 Å². The molecule has 0 N–H and O–H groups in total. The van der Waals surface area contributed by atoms with Crippen molar-refractivity contribution in [2.24, 2.45) is 11.8 Å². The first-order valence-electron chi connectivity index (χ1n) is 11.9. The maximum atomic E-state index is 12.6. The van der Waals surface area contributed by atoms with E-state index in [1.807, 2.05) is 6.08 Å². The number of esters is 3. The average Bonchev–Trinajstić information content (AvgIpc) is 3.26. The average molecular weight is 437 g/mol. The highest BCUT2D eigenvalue weighted by Crippen LogP contribution is 2.52. The van der Waals surface area contributed by atoms with Gasteiger partial charge in [-0.1, -0.05) is 69.9 Å². The van der Waals surface area contributed by atoms with E-state index >= 15 is 0 Å². The Morgan fingerprint density at radius 1 is 1.00 bits per heavy atom. The van der Waals surface area contributed by atoms with Gasteiger partial charge in [0.1, 0.15) is 5.76 Å². The molecule has 5 heteroatoms. The van der Waals surface area contributed by atoms with Crippen LogP contribution >= 0.6 is 0 Å². The van der Waals surface area contributed by atoms with Gasteiger partial charge in [0, 0.05) is 11.8 Å². The number of hydrogen-bond acceptors (Lipinski definition) is 5. The second kappa shape index (κ2) is 9.43. The summed E-state index contributed by atoms with van der Waals surface area (Å²) in [5.41, 5.74) is 2.96. The Labute approximate surface area is 189 Å². The lowest BCUT2D eigenvalue weighted by atomic mass is 9.66. The zero-order valence-corrected chi connectivity index (χ0v) is 18.8. The zero-order chi connectivity index (χ0) is 22.8. The molecule has 0 aromatic heterocycles. The van der Waals surface area contributed by atoms with E-state index in [-0.39, 0.29) is 30.1 Å². The summed E-state index contributed by atoms with van der Waals surface area (Å²) in [4.78, 5) is 36.9. The predicted octanol–water partition coefficient (Wildman–Crippen LogP) is 5.66. The molecule has 0 bridgehead atoms. The van der Waals surface area contributed by atoms with E-state index in [0.29, 0.717) is 12.2 Å². The second-order valence-electron chi connectivity index (χ2n) is 9.35. The van der Waals surface area contributed by atoms with Gasteiger partial charge >= 0.3 is 17.9 Å². The number of ether oxygens (including phenoxy) is 2. The quantitative estimate of drug-likeness (QED) is 0.216. The molecule has 5 atom stereocenters. The van der Waals surface area contributed by atoms with Gasteiger partial charge in [-0.05, 0) is 35.4 Å². The summed E-state index contributed by atoms with van der Waals surface area (Å²) >= 11 is 0. The number of allylic oxidation sites excluding steroid dienone is 2. The summed E-state index contributed by atoms with van der Waals surface area (Å²) in [6.07, 6.45) is 9.75. The van der Waals surface area contributed by atoms with Crippen LogP contribution in [-0.2, 0) is 23.9 Å². The topological polar surface area (TPSA) is 69.7 Å². The lowest BCUT2D eigenvalue weighted by molar-refractivity contribution is -0.153. The van der Waals surface area contributed by atoms with Crippen molar-refractivity contribution in [2.75, 3.05) is 0 Å². The third-order valence-electron chi connectivity index (χ3n) is 7.38. The van der Waals surface area contributed by atoms with Crippen LogP contribution in [0.2, 0.25) is 0 Å². The van der Waals surface area contributed by atoms with Crippen LogP contribution < -0.4 is 0 Å². The molecule has 0 saturated carbocycles. The number of cyclic esters (lactones) is 3. The highest BCUT2D eigenvalue weighted by molar-refractivity contribution is 6.00. The van der Waals surface area contributed by atoms with Crippen LogP contribution in [0, 0.1) is 11.8 Å². The SMILES string of the molecule is C=CC(CCCCCCC)c1ccc2c(c1)C1C(=O)OC(=O)C1CC2C1CC(=O)OC1=C. The molecule has 32 heavy (non-hydrogen) atoms. The molecule has 5 nitrogen and oxygen atoms in total. The van der Waals surface area contributed by atoms with Crippen LogP contribution in [0.5, 0.6) is 0 Å². The minimum atomic E-state index is -0.574. The highest BCUT2D eigenvalue weighted by atomic mass is 16.6. The Morgan fingerprint density at radius 2 is 1.78 bits per heavy atom. The normalized spacial score (nSPS) is 27.5. The minimum absolute atomic E-state index is 0.103. The van der Waals surface area contributed by atoms with Gasteiger partial charge in [0.2, 0.25) is 0 Å². The van der Waals surface area contributed by atoms with Crippen LogP contribution in [0.4, 0.5) is 0 Å². The van der Waals surface area contributed by atoms with Gasteiger partial charge in [-0.3, -0.25) is 14.4 Å². The van der Waals surface area contributed by atoms with Gasteiger partial charge < -0.3 is 9.47 Å². The van der Waals surface area contributed by atoms with Gasteiger partial charge in [0.05, 0.1) is 18.3 Å². The van der Waals surface area contributed by atoms with E-state index in [1.165, 1.54) is 25.7 Å². The summed E-state index contributed by atoms with van der Waals surface area (Å²) in [7, 11) is 0. The fourth-order valence-corrected chi connectivity index (χ4v) is 5.64. The standard InChI is InChI=1S/C27H32O5/c1-4-6-7-8-9-10-17(5-2)18-11-12-19-21(20-15-24(28)31-16(20)3)14-23-25(22(19)13-18)27(30)32-26(23)29/h5,11-13,17,20-21,23,25H,2-4,6-10,14-15H2,1H3. The third-order valence-corrected chi connectivity index (χ3v) is 7.38.